The highest BCUT2D eigenvalue weighted by molar-refractivity contribution is 5.81. The highest BCUT2D eigenvalue weighted by Crippen LogP contribution is 2.54. The molecule has 2 bridgehead atoms. The molecule has 2 unspecified atom stereocenters. The van der Waals surface area contributed by atoms with Crippen molar-refractivity contribution in [3.8, 4) is 0 Å². The lowest BCUT2D eigenvalue weighted by Crippen LogP contribution is -2.43. The predicted molar refractivity (Wildman–Crippen MR) is 59.0 cm³/mol. The topological polar surface area (TPSA) is 29.1 Å². The highest BCUT2D eigenvalue weighted by atomic mass is 16.2. The largest absolute Gasteiger partial charge is 0.355 e. The van der Waals surface area contributed by atoms with Gasteiger partial charge in [-0.15, -0.1) is 0 Å². The zero-order valence-corrected chi connectivity index (χ0v) is 10.1. The third-order valence-corrected chi connectivity index (χ3v) is 3.53. The van der Waals surface area contributed by atoms with Gasteiger partial charge in [0.05, 0.1) is 0 Å². The summed E-state index contributed by atoms with van der Waals surface area (Å²) in [6.07, 6.45) is 2.27. The number of carbonyl (C=O) groups excluding carboxylic acids is 1. The number of amides is 1. The number of hydrogen-bond acceptors (Lipinski definition) is 1. The van der Waals surface area contributed by atoms with E-state index in [2.05, 4.69) is 26.1 Å². The molecule has 1 amide bonds. The molecule has 2 heteroatoms. The maximum absolute atomic E-state index is 11.5. The molecule has 2 fully saturated rings. The molecule has 0 aromatic rings. The monoisotopic (exact) mass is 197 g/mol. The average molecular weight is 197 g/mol. The van der Waals surface area contributed by atoms with Crippen LogP contribution in [-0.4, -0.2) is 12.5 Å². The molecule has 2 nitrogen and oxygen atoms in total. The van der Waals surface area contributed by atoms with Crippen molar-refractivity contribution in [1.29, 1.82) is 0 Å². The van der Waals surface area contributed by atoms with E-state index in [0.29, 0.717) is 5.41 Å². The van der Waals surface area contributed by atoms with Crippen LogP contribution in [0.4, 0.5) is 0 Å². The molecule has 1 saturated carbocycles. The van der Waals surface area contributed by atoms with Crippen molar-refractivity contribution in [3.05, 3.63) is 0 Å². The van der Waals surface area contributed by atoms with Crippen molar-refractivity contribution in [3.63, 3.8) is 0 Å². The van der Waals surface area contributed by atoms with Crippen LogP contribution in [0.3, 0.4) is 0 Å². The maximum Gasteiger partial charge on any atom is 0.223 e. The predicted octanol–water partition coefficient (Wildman–Crippen LogP) is 2.58. The summed E-state index contributed by atoms with van der Waals surface area (Å²) < 4.78 is 0. The molecule has 82 valence electrons. The van der Waals surface area contributed by atoms with Crippen LogP contribution in [0.25, 0.3) is 0 Å². The highest BCUT2D eigenvalue weighted by Gasteiger charge is 2.53. The molecular formula is C12H23NO. The fraction of sp³-hybridized carbons (Fsp3) is 0.917. The van der Waals surface area contributed by atoms with Crippen LogP contribution in [-0.2, 0) is 4.79 Å². The second-order valence-electron chi connectivity index (χ2n) is 5.45. The van der Waals surface area contributed by atoms with Gasteiger partial charge in [0.2, 0.25) is 5.91 Å². The van der Waals surface area contributed by atoms with Crippen LogP contribution < -0.4 is 5.32 Å². The van der Waals surface area contributed by atoms with Gasteiger partial charge in [0.15, 0.2) is 0 Å². The third kappa shape index (κ3) is 1.79. The minimum Gasteiger partial charge on any atom is -0.355 e. The second kappa shape index (κ2) is 3.56. The summed E-state index contributed by atoms with van der Waals surface area (Å²) in [5, 5.41) is 3.00. The van der Waals surface area contributed by atoms with E-state index in [1.165, 1.54) is 6.42 Å². The maximum atomic E-state index is 11.5. The first-order valence-electron chi connectivity index (χ1n) is 5.71. The number of piperidine rings is 1. The van der Waals surface area contributed by atoms with Crippen LogP contribution in [0, 0.1) is 16.7 Å². The van der Waals surface area contributed by atoms with E-state index in [-0.39, 0.29) is 17.2 Å². The fourth-order valence-electron chi connectivity index (χ4n) is 3.07. The van der Waals surface area contributed by atoms with Gasteiger partial charge in [-0.2, -0.15) is 0 Å². The molecule has 0 radical (unpaired) electrons. The van der Waals surface area contributed by atoms with Gasteiger partial charge >= 0.3 is 0 Å². The molecular weight excluding hydrogens is 174 g/mol. The molecule has 1 aliphatic carbocycles. The van der Waals surface area contributed by atoms with Gasteiger partial charge in [0.25, 0.3) is 0 Å². The van der Waals surface area contributed by atoms with E-state index in [1.807, 2.05) is 13.8 Å². The lowest BCUT2D eigenvalue weighted by molar-refractivity contribution is -0.129. The Morgan fingerprint density at radius 2 is 1.86 bits per heavy atom. The Bertz CT molecular complexity index is 234. The summed E-state index contributed by atoms with van der Waals surface area (Å²) in [5.74, 6) is 0.534. The lowest BCUT2D eigenvalue weighted by atomic mass is 9.81. The van der Waals surface area contributed by atoms with Crippen molar-refractivity contribution in [2.24, 2.45) is 16.7 Å². The minimum absolute atomic E-state index is 0.218. The molecule has 2 atom stereocenters. The molecule has 1 N–H and O–H groups in total. The van der Waals surface area contributed by atoms with Gasteiger partial charge in [-0.05, 0) is 23.7 Å². The Hall–Kier alpha value is -0.530. The first-order valence-corrected chi connectivity index (χ1v) is 5.71. The van der Waals surface area contributed by atoms with Crippen molar-refractivity contribution >= 4 is 5.91 Å². The van der Waals surface area contributed by atoms with Crippen LogP contribution in [0.5, 0.6) is 0 Å². The lowest BCUT2D eigenvalue weighted by Gasteiger charge is -2.29. The van der Waals surface area contributed by atoms with Crippen molar-refractivity contribution in [2.75, 3.05) is 6.54 Å². The van der Waals surface area contributed by atoms with Gasteiger partial charge in [-0.25, -0.2) is 0 Å². The van der Waals surface area contributed by atoms with E-state index in [1.54, 1.807) is 0 Å². The molecule has 2 rings (SSSR count). The third-order valence-electron chi connectivity index (χ3n) is 3.53. The Kier molecular flexibility index (Phi) is 2.93. The Labute approximate surface area is 87.5 Å². The Morgan fingerprint density at radius 3 is 2.36 bits per heavy atom. The molecule has 1 heterocycles. The summed E-state index contributed by atoms with van der Waals surface area (Å²) in [7, 11) is 0. The molecule has 0 aromatic heterocycles. The second-order valence-corrected chi connectivity index (χ2v) is 5.45. The standard InChI is InChI=1S/C10H17NO.C2H6/c1-9(2)5-10(3)4-7(9)8(12)11-6-10;1-2/h7H,4-6H2,1-3H3,(H,11,12);1-2H3. The first-order chi connectivity index (χ1) is 6.43. The number of fused-ring (bicyclic) bond motifs is 2. The normalized spacial score (nSPS) is 38.4. The van der Waals surface area contributed by atoms with Gasteiger partial charge < -0.3 is 5.32 Å². The average Bonchev–Trinajstić information content (AvgIpc) is 2.32. The molecule has 2 aliphatic rings. The number of nitrogens with one attached hydrogen (secondary N) is 1. The fourth-order valence-corrected chi connectivity index (χ4v) is 3.07. The number of hydrogen-bond donors (Lipinski definition) is 1. The zero-order chi connectivity index (χ0) is 11.0. The van der Waals surface area contributed by atoms with Gasteiger partial charge in [0.1, 0.15) is 0 Å². The summed E-state index contributed by atoms with van der Waals surface area (Å²) in [5.41, 5.74) is 0.595. The van der Waals surface area contributed by atoms with E-state index >= 15 is 0 Å². The smallest absolute Gasteiger partial charge is 0.223 e. The molecule has 0 spiro atoms. The van der Waals surface area contributed by atoms with Gasteiger partial charge in [0, 0.05) is 12.5 Å². The summed E-state index contributed by atoms with van der Waals surface area (Å²) in [6, 6.07) is 0. The van der Waals surface area contributed by atoms with E-state index in [4.69, 9.17) is 0 Å². The first kappa shape index (κ1) is 11.5. The van der Waals surface area contributed by atoms with E-state index in [0.717, 1.165) is 13.0 Å². The Morgan fingerprint density at radius 1 is 1.29 bits per heavy atom. The van der Waals surface area contributed by atoms with Gasteiger partial charge in [-0.1, -0.05) is 34.6 Å². The SMILES string of the molecule is CC.CC12CNC(=O)C(C1)C(C)(C)C2. The van der Waals surface area contributed by atoms with Crippen LogP contribution >= 0.6 is 0 Å². The van der Waals surface area contributed by atoms with E-state index in [9.17, 15) is 4.79 Å². The molecule has 14 heavy (non-hydrogen) atoms. The summed E-state index contributed by atoms with van der Waals surface area (Å²) in [4.78, 5) is 11.5. The minimum atomic E-state index is 0.218. The summed E-state index contributed by atoms with van der Waals surface area (Å²) in [6.45, 7) is 11.6. The molecule has 1 saturated heterocycles. The molecule has 0 aromatic carbocycles. The Balaban J connectivity index is 0.000000461. The van der Waals surface area contributed by atoms with Crippen molar-refractivity contribution in [1.82, 2.24) is 5.32 Å². The van der Waals surface area contributed by atoms with Crippen LogP contribution in [0.2, 0.25) is 0 Å². The number of rotatable bonds is 0. The van der Waals surface area contributed by atoms with Crippen molar-refractivity contribution in [2.45, 2.75) is 47.5 Å². The zero-order valence-electron chi connectivity index (χ0n) is 10.1. The number of carbonyl (C=O) groups is 1. The molecule has 1 aliphatic heterocycles. The van der Waals surface area contributed by atoms with Crippen LogP contribution in [0.15, 0.2) is 0 Å². The quantitative estimate of drug-likeness (QED) is 0.635. The van der Waals surface area contributed by atoms with E-state index < -0.39 is 0 Å². The van der Waals surface area contributed by atoms with Crippen LogP contribution in [0.1, 0.15) is 47.5 Å². The summed E-state index contributed by atoms with van der Waals surface area (Å²) >= 11 is 0. The van der Waals surface area contributed by atoms with Crippen molar-refractivity contribution < 1.29 is 4.79 Å². The van der Waals surface area contributed by atoms with Gasteiger partial charge in [-0.3, -0.25) is 4.79 Å².